The summed E-state index contributed by atoms with van der Waals surface area (Å²) in [5, 5.41) is 14.2. The third kappa shape index (κ3) is 13.9. The number of amides is 5. The van der Waals surface area contributed by atoms with Crippen LogP contribution >= 0.6 is 11.8 Å². The first-order chi connectivity index (χ1) is 38.0. The van der Waals surface area contributed by atoms with Crippen molar-refractivity contribution in [3.05, 3.63) is 93.8 Å². The molecule has 79 heavy (non-hydrogen) atoms. The number of nitrogens with zero attached hydrogens (tertiary/aromatic N) is 9. The van der Waals surface area contributed by atoms with Crippen molar-refractivity contribution in [1.29, 1.82) is 0 Å². The van der Waals surface area contributed by atoms with Gasteiger partial charge in [0.2, 0.25) is 23.6 Å². The molecule has 24 heteroatoms. The number of ketones is 1. The lowest BCUT2D eigenvalue weighted by Crippen LogP contribution is -2.58. The van der Waals surface area contributed by atoms with Crippen molar-refractivity contribution in [2.75, 3.05) is 78.2 Å². The van der Waals surface area contributed by atoms with E-state index in [1.54, 1.807) is 43.8 Å². The number of fused-ring (bicyclic) bond motifs is 5. The number of rotatable bonds is 20. The number of halogens is 1. The molecule has 0 spiro atoms. The smallest absolute Gasteiger partial charge is 0.262 e. The van der Waals surface area contributed by atoms with Crippen LogP contribution in [0, 0.1) is 25.2 Å². The molecular formula is C55H68FN13O9S. The number of Topliss-reactive ketones (excluding diaryl/α,β-unsaturated/α-hetero) is 1. The molecule has 8 rings (SSSR count). The largest absolute Gasteiger partial charge is 0.467 e. The first-order valence-corrected chi connectivity index (χ1v) is 27.6. The molecule has 5 atom stereocenters. The number of hydrogen-bond donors (Lipinski definition) is 4. The standard InChI is InChI=1S/C55H68FN13O9S/c1-32-9-14-38-39(28-32)34(3)78-52-49(57)61-29-40(62-52)46-41(30-66(6)54(38)74)65-69(50(46)59-5)23-19-60-44(70)17-24-76-26-27-77-25-18-45(71)67-21-15-35(16-22-67)47(64-51(73)33(2)58-4)55(75)68-20-7-8-43(68)53-63-42(31-79-53)48(72)36-10-12-37(56)13-11-36/h9-14,28-29,33-35,42-43,47,58H,7-8,15-27,30-31H2,1-4,6H3,(H2,57,61)(H,60,70)(H,64,73)/t33-,34+,42?,43-,47-/m0/s1. The number of ether oxygens (including phenoxy) is 3. The number of aliphatic imine (C=N–C) groups is 1. The van der Waals surface area contributed by atoms with Gasteiger partial charge in [0.15, 0.2) is 11.6 Å². The second-order valence-corrected chi connectivity index (χ2v) is 21.1. The van der Waals surface area contributed by atoms with Crippen molar-refractivity contribution in [2.45, 2.75) is 103 Å². The Morgan fingerprint density at radius 2 is 1.75 bits per heavy atom. The van der Waals surface area contributed by atoms with Crippen LogP contribution in [0.2, 0.25) is 0 Å². The predicted octanol–water partition coefficient (Wildman–Crippen LogP) is 4.29. The Labute approximate surface area is 462 Å². The maximum atomic E-state index is 14.5. The molecule has 5 amide bonds. The number of aryl methyl sites for hydroxylation is 1. The Bertz CT molecular complexity index is 2980. The summed E-state index contributed by atoms with van der Waals surface area (Å²) in [5.74, 6) is -1.31. The molecule has 0 radical (unpaired) electrons. The van der Waals surface area contributed by atoms with Crippen LogP contribution in [-0.2, 0) is 41.7 Å². The highest BCUT2D eigenvalue weighted by atomic mass is 32.2. The fraction of sp³-hybridized carbons (Fsp3) is 0.509. The summed E-state index contributed by atoms with van der Waals surface area (Å²) < 4.78 is 32.5. The van der Waals surface area contributed by atoms with Crippen molar-refractivity contribution < 1.29 is 47.4 Å². The van der Waals surface area contributed by atoms with Crippen LogP contribution in [0.3, 0.4) is 0 Å². The highest BCUT2D eigenvalue weighted by molar-refractivity contribution is 8.14. The number of anilines is 1. The number of piperidine rings is 1. The summed E-state index contributed by atoms with van der Waals surface area (Å²) in [6.07, 6.45) is 3.47. The third-order valence-electron chi connectivity index (χ3n) is 14.7. The second-order valence-electron chi connectivity index (χ2n) is 20.1. The highest BCUT2D eigenvalue weighted by Gasteiger charge is 2.43. The molecule has 2 fully saturated rings. The number of carbonyl (C=O) groups excluding carboxylic acids is 6. The Balaban J connectivity index is 0.758. The summed E-state index contributed by atoms with van der Waals surface area (Å²) in [7, 11) is 3.33. The summed E-state index contributed by atoms with van der Waals surface area (Å²) >= 11 is 1.45. The number of hydrogen-bond acceptors (Lipinski definition) is 16. The van der Waals surface area contributed by atoms with Gasteiger partial charge in [-0.2, -0.15) is 4.68 Å². The van der Waals surface area contributed by atoms with E-state index in [-0.39, 0.29) is 124 Å². The van der Waals surface area contributed by atoms with Crippen molar-refractivity contribution >= 4 is 63.8 Å². The highest BCUT2D eigenvalue weighted by Crippen LogP contribution is 2.38. The summed E-state index contributed by atoms with van der Waals surface area (Å²) in [6, 6.07) is 8.58. The van der Waals surface area contributed by atoms with Gasteiger partial charge < -0.3 is 55.4 Å². The van der Waals surface area contributed by atoms with Crippen LogP contribution in [0.25, 0.3) is 16.1 Å². The molecule has 0 saturated carbocycles. The molecule has 5 N–H and O–H groups in total. The Hall–Kier alpha value is -7.33. The van der Waals surface area contributed by atoms with E-state index < -0.39 is 30.0 Å². The van der Waals surface area contributed by atoms with Gasteiger partial charge in [0.25, 0.3) is 17.6 Å². The molecule has 2 saturated heterocycles. The monoisotopic (exact) mass is 1110 g/mol. The van der Waals surface area contributed by atoms with Gasteiger partial charge in [-0.15, -0.1) is 16.9 Å². The average molecular weight is 1110 g/mol. The lowest BCUT2D eigenvalue weighted by Gasteiger charge is -2.38. The number of likely N-dealkylation sites (N-methyl/N-ethyl adjacent to an activating group) is 1. The SMILES string of the molecule is [C-]#[N+]c1c2c(nn1CCNC(=O)CCOCCOCCC(=O)N1CCC([C@H](NC(=O)[C@H](C)NC)C(=O)N3CCC[C@H]3C3=NC(C(=O)c4ccc(F)cc4)CS3)CC1)CN(C)C(=O)c1ccc(C)cc1[C@@H](C)Oc1nc-2cnc1N. The van der Waals surface area contributed by atoms with Gasteiger partial charge >= 0.3 is 0 Å². The lowest BCUT2D eigenvalue weighted by molar-refractivity contribution is -0.140. The number of nitrogen functional groups attached to an aromatic ring is 1. The first-order valence-electron chi connectivity index (χ1n) is 26.7. The Kier molecular flexibility index (Phi) is 19.4. The molecule has 22 nitrogen and oxygen atoms in total. The van der Waals surface area contributed by atoms with Gasteiger partial charge in [-0.3, -0.25) is 33.8 Å². The maximum Gasteiger partial charge on any atom is 0.262 e. The van der Waals surface area contributed by atoms with Crippen LogP contribution in [0.15, 0.2) is 53.7 Å². The Morgan fingerprint density at radius 1 is 1.01 bits per heavy atom. The number of nitrogens with one attached hydrogen (secondary N) is 3. The molecule has 4 aliphatic rings. The number of likely N-dealkylation sites (tertiary alicyclic amines) is 2. The maximum absolute atomic E-state index is 14.5. The van der Waals surface area contributed by atoms with Crippen molar-refractivity contribution in [3.8, 4) is 17.1 Å². The van der Waals surface area contributed by atoms with Gasteiger partial charge in [0.1, 0.15) is 36.2 Å². The topological polar surface area (TPSA) is 262 Å². The molecule has 0 aliphatic carbocycles. The minimum absolute atomic E-state index is 0.0494. The fourth-order valence-corrected chi connectivity index (χ4v) is 11.3. The van der Waals surface area contributed by atoms with Crippen molar-refractivity contribution in [3.63, 3.8) is 0 Å². The molecule has 4 aromatic rings. The van der Waals surface area contributed by atoms with E-state index in [1.807, 2.05) is 19.1 Å². The zero-order chi connectivity index (χ0) is 56.3. The zero-order valence-corrected chi connectivity index (χ0v) is 46.0. The predicted molar refractivity (Wildman–Crippen MR) is 293 cm³/mol. The number of aromatic nitrogens is 4. The van der Waals surface area contributed by atoms with Gasteiger partial charge in [-0.05, 0) is 89.8 Å². The van der Waals surface area contributed by atoms with Gasteiger partial charge in [-0.25, -0.2) is 14.4 Å². The number of thioether (sulfide) groups is 1. The number of carbonyl (C=O) groups is 6. The molecule has 1 unspecified atom stereocenters. The molecule has 6 heterocycles. The van der Waals surface area contributed by atoms with Gasteiger partial charge in [0, 0.05) is 55.5 Å². The number of benzene rings is 2. The minimum atomic E-state index is -0.820. The van der Waals surface area contributed by atoms with Crippen LogP contribution < -0.4 is 26.4 Å². The second kappa shape index (κ2) is 26.5. The lowest BCUT2D eigenvalue weighted by atomic mass is 9.88. The van der Waals surface area contributed by atoms with E-state index in [9.17, 15) is 33.2 Å². The van der Waals surface area contributed by atoms with E-state index in [2.05, 4.69) is 30.8 Å². The number of nitrogens with two attached hydrogens (primary N) is 1. The van der Waals surface area contributed by atoms with Gasteiger partial charge in [-0.1, -0.05) is 24.3 Å². The van der Waals surface area contributed by atoms with Gasteiger partial charge in [0.05, 0.1) is 80.5 Å². The van der Waals surface area contributed by atoms with Crippen molar-refractivity contribution in [2.24, 2.45) is 10.9 Å². The van der Waals surface area contributed by atoms with Crippen LogP contribution in [0.5, 0.6) is 5.88 Å². The summed E-state index contributed by atoms with van der Waals surface area (Å²) in [5.41, 5.74) is 9.70. The Morgan fingerprint density at radius 3 is 2.47 bits per heavy atom. The van der Waals surface area contributed by atoms with E-state index in [0.29, 0.717) is 83.3 Å². The molecule has 2 aromatic carbocycles. The van der Waals surface area contributed by atoms with E-state index in [1.165, 1.54) is 51.8 Å². The quantitative estimate of drug-likeness (QED) is 0.0547. The van der Waals surface area contributed by atoms with Crippen LogP contribution in [0.1, 0.15) is 96.0 Å². The zero-order valence-electron chi connectivity index (χ0n) is 45.2. The van der Waals surface area contributed by atoms with E-state index >= 15 is 0 Å². The molecule has 4 aliphatic heterocycles. The van der Waals surface area contributed by atoms with Crippen molar-refractivity contribution in [1.82, 2.24) is 50.4 Å². The normalized spacial score (nSPS) is 19.2. The van der Waals surface area contributed by atoms with E-state index in [0.717, 1.165) is 12.0 Å². The van der Waals surface area contributed by atoms with E-state index in [4.69, 9.17) is 36.6 Å². The third-order valence-corrected chi connectivity index (χ3v) is 15.8. The molecule has 2 aromatic heterocycles. The van der Waals surface area contributed by atoms with Crippen LogP contribution in [0.4, 0.5) is 16.0 Å². The molecule has 2 bridgehead atoms. The summed E-state index contributed by atoms with van der Waals surface area (Å²) in [6.45, 7) is 15.9. The minimum Gasteiger partial charge on any atom is -0.467 e. The molecular weight excluding hydrogens is 1040 g/mol. The fourth-order valence-electron chi connectivity index (χ4n) is 10.1. The molecule has 420 valence electrons. The first kappa shape index (κ1) is 57.8. The van der Waals surface area contributed by atoms with Crippen LogP contribution in [-0.4, -0.2) is 171 Å². The summed E-state index contributed by atoms with van der Waals surface area (Å²) in [4.78, 5) is 103. The average Bonchev–Trinajstić information content (AvgIpc) is 4.45.